The number of hydrogen-bond acceptors (Lipinski definition) is 7. The molecule has 7 nitrogen and oxygen atoms in total. The van der Waals surface area contributed by atoms with Crippen LogP contribution in [0, 0.1) is 0 Å². The number of methoxy groups -OCH3 is 1. The van der Waals surface area contributed by atoms with Crippen LogP contribution in [0.3, 0.4) is 0 Å². The van der Waals surface area contributed by atoms with Crippen molar-refractivity contribution in [1.29, 1.82) is 0 Å². The molecule has 1 aliphatic rings. The lowest BCUT2D eigenvalue weighted by molar-refractivity contribution is -0.152. The summed E-state index contributed by atoms with van der Waals surface area (Å²) >= 11 is 0. The van der Waals surface area contributed by atoms with Crippen LogP contribution in [0.25, 0.3) is 11.0 Å². The van der Waals surface area contributed by atoms with Crippen LogP contribution in [-0.4, -0.2) is 48.5 Å². The number of ether oxygens (including phenoxy) is 3. The van der Waals surface area contributed by atoms with E-state index >= 15 is 0 Å². The predicted octanol–water partition coefficient (Wildman–Crippen LogP) is 0.265. The Morgan fingerprint density at radius 1 is 1.18 bits per heavy atom. The van der Waals surface area contributed by atoms with Gasteiger partial charge in [0.25, 0.3) is 0 Å². The molecule has 2 heterocycles. The Kier molecular flexibility index (Phi) is 4.12. The largest absolute Gasteiger partial charge is 0.491 e. The summed E-state index contributed by atoms with van der Waals surface area (Å²) in [5.74, 6) is 0.466. The SMILES string of the molecule is CO[C@@H]1O[C@H](COc2ccc3ccc(=O)oc3c2)[C@@H](O)[C@H]1O. The van der Waals surface area contributed by atoms with E-state index in [1.54, 1.807) is 24.3 Å². The van der Waals surface area contributed by atoms with Crippen LogP contribution >= 0.6 is 0 Å². The van der Waals surface area contributed by atoms with Crippen molar-refractivity contribution >= 4 is 11.0 Å². The summed E-state index contributed by atoms with van der Waals surface area (Å²) in [6, 6.07) is 8.06. The van der Waals surface area contributed by atoms with Gasteiger partial charge < -0.3 is 28.8 Å². The molecule has 1 aromatic heterocycles. The number of hydrogen-bond donors (Lipinski definition) is 2. The van der Waals surface area contributed by atoms with Gasteiger partial charge in [0.1, 0.15) is 36.3 Å². The topological polar surface area (TPSA) is 98.4 Å². The summed E-state index contributed by atoms with van der Waals surface area (Å²) < 4.78 is 20.9. The van der Waals surface area contributed by atoms with Crippen molar-refractivity contribution in [2.45, 2.75) is 24.6 Å². The fourth-order valence-electron chi connectivity index (χ4n) is 2.36. The van der Waals surface area contributed by atoms with E-state index in [2.05, 4.69) is 0 Å². The van der Waals surface area contributed by atoms with Gasteiger partial charge in [-0.2, -0.15) is 0 Å². The average Bonchev–Trinajstić information content (AvgIpc) is 2.80. The van der Waals surface area contributed by atoms with E-state index in [0.29, 0.717) is 11.3 Å². The van der Waals surface area contributed by atoms with Gasteiger partial charge in [-0.1, -0.05) is 0 Å². The molecule has 0 spiro atoms. The highest BCUT2D eigenvalue weighted by atomic mass is 16.7. The lowest BCUT2D eigenvalue weighted by Crippen LogP contribution is -2.35. The Bertz CT molecular complexity index is 710. The molecule has 1 saturated heterocycles. The van der Waals surface area contributed by atoms with Crippen molar-refractivity contribution in [2.75, 3.05) is 13.7 Å². The Morgan fingerprint density at radius 2 is 1.95 bits per heavy atom. The molecule has 7 heteroatoms. The fourth-order valence-corrected chi connectivity index (χ4v) is 2.36. The minimum atomic E-state index is -1.12. The monoisotopic (exact) mass is 308 g/mol. The molecular weight excluding hydrogens is 292 g/mol. The highest BCUT2D eigenvalue weighted by molar-refractivity contribution is 5.77. The number of benzene rings is 1. The molecule has 0 aliphatic carbocycles. The summed E-state index contributed by atoms with van der Waals surface area (Å²) in [5, 5.41) is 20.3. The van der Waals surface area contributed by atoms with E-state index in [4.69, 9.17) is 18.6 Å². The van der Waals surface area contributed by atoms with Gasteiger partial charge in [-0.3, -0.25) is 0 Å². The van der Waals surface area contributed by atoms with Gasteiger partial charge in [0, 0.05) is 24.6 Å². The van der Waals surface area contributed by atoms with Crippen molar-refractivity contribution < 1.29 is 28.8 Å². The molecule has 2 aromatic rings. The standard InChI is InChI=1S/C15H16O7/c1-19-15-14(18)13(17)11(22-15)7-20-9-4-2-8-3-5-12(16)21-10(8)6-9/h2-6,11,13-15,17-18H,7H2,1H3/t11-,13-,14-,15-/m1/s1. The summed E-state index contributed by atoms with van der Waals surface area (Å²) in [7, 11) is 1.38. The van der Waals surface area contributed by atoms with Crippen molar-refractivity contribution in [3.8, 4) is 5.75 Å². The molecule has 0 radical (unpaired) electrons. The molecule has 22 heavy (non-hydrogen) atoms. The van der Waals surface area contributed by atoms with Gasteiger partial charge in [-0.25, -0.2) is 4.79 Å². The molecule has 1 aromatic carbocycles. The van der Waals surface area contributed by atoms with Gasteiger partial charge in [0.15, 0.2) is 6.29 Å². The third-order valence-electron chi connectivity index (χ3n) is 3.56. The first-order valence-corrected chi connectivity index (χ1v) is 6.79. The van der Waals surface area contributed by atoms with Crippen molar-refractivity contribution in [2.24, 2.45) is 0 Å². The summed E-state index contributed by atoms with van der Waals surface area (Å²) in [5.41, 5.74) is -0.0297. The maximum absolute atomic E-state index is 11.2. The first-order valence-electron chi connectivity index (χ1n) is 6.79. The molecule has 0 unspecified atom stereocenters. The quantitative estimate of drug-likeness (QED) is 0.782. The normalized spacial score (nSPS) is 28.1. The van der Waals surface area contributed by atoms with Crippen LogP contribution in [0.4, 0.5) is 0 Å². The van der Waals surface area contributed by atoms with Crippen LogP contribution in [0.5, 0.6) is 5.75 Å². The second-order valence-electron chi connectivity index (χ2n) is 5.02. The van der Waals surface area contributed by atoms with Crippen LogP contribution < -0.4 is 10.4 Å². The zero-order chi connectivity index (χ0) is 15.7. The molecule has 0 saturated carbocycles. The molecule has 0 amide bonds. The molecular formula is C15H16O7. The van der Waals surface area contributed by atoms with Crippen LogP contribution in [0.15, 0.2) is 39.5 Å². The molecule has 3 rings (SSSR count). The Hall–Kier alpha value is -1.93. The van der Waals surface area contributed by atoms with Crippen LogP contribution in [0.2, 0.25) is 0 Å². The molecule has 1 fully saturated rings. The van der Waals surface area contributed by atoms with E-state index in [-0.39, 0.29) is 6.61 Å². The lowest BCUT2D eigenvalue weighted by atomic mass is 10.1. The van der Waals surface area contributed by atoms with Gasteiger partial charge in [0.05, 0.1) is 0 Å². The van der Waals surface area contributed by atoms with E-state index < -0.39 is 30.2 Å². The molecule has 4 atom stereocenters. The molecule has 118 valence electrons. The van der Waals surface area contributed by atoms with Crippen LogP contribution in [0.1, 0.15) is 0 Å². The van der Waals surface area contributed by atoms with Gasteiger partial charge >= 0.3 is 5.63 Å². The van der Waals surface area contributed by atoms with Crippen LogP contribution in [-0.2, 0) is 9.47 Å². The van der Waals surface area contributed by atoms with Crippen molar-refractivity contribution in [1.82, 2.24) is 0 Å². The van der Waals surface area contributed by atoms with E-state index in [9.17, 15) is 15.0 Å². The zero-order valence-electron chi connectivity index (χ0n) is 11.8. The van der Waals surface area contributed by atoms with E-state index in [1.165, 1.54) is 13.2 Å². The lowest BCUT2D eigenvalue weighted by Gasteiger charge is -2.15. The van der Waals surface area contributed by atoms with Gasteiger partial charge in [-0.05, 0) is 18.2 Å². The highest BCUT2D eigenvalue weighted by Gasteiger charge is 2.43. The second-order valence-corrected chi connectivity index (χ2v) is 5.02. The zero-order valence-corrected chi connectivity index (χ0v) is 11.8. The maximum Gasteiger partial charge on any atom is 0.336 e. The minimum Gasteiger partial charge on any atom is -0.491 e. The predicted molar refractivity (Wildman–Crippen MR) is 75.7 cm³/mol. The maximum atomic E-state index is 11.2. The van der Waals surface area contributed by atoms with Crippen molar-refractivity contribution in [3.63, 3.8) is 0 Å². The average molecular weight is 308 g/mol. The van der Waals surface area contributed by atoms with Gasteiger partial charge in [-0.15, -0.1) is 0 Å². The molecule has 2 N–H and O–H groups in total. The Balaban J connectivity index is 1.70. The summed E-state index contributed by atoms with van der Waals surface area (Å²) in [6.45, 7) is 0.0284. The van der Waals surface area contributed by atoms with E-state index in [1.807, 2.05) is 0 Å². The Morgan fingerprint density at radius 3 is 2.68 bits per heavy atom. The van der Waals surface area contributed by atoms with E-state index in [0.717, 1.165) is 5.39 Å². The summed E-state index contributed by atoms with van der Waals surface area (Å²) in [6.07, 6.45) is -3.80. The fraction of sp³-hybridized carbons (Fsp3) is 0.400. The molecule has 1 aliphatic heterocycles. The smallest absolute Gasteiger partial charge is 0.336 e. The number of rotatable bonds is 4. The summed E-state index contributed by atoms with van der Waals surface area (Å²) in [4.78, 5) is 11.2. The first kappa shape index (κ1) is 15.0. The Labute approximate surface area is 125 Å². The second kappa shape index (κ2) is 6.05. The molecule has 0 bridgehead atoms. The number of fused-ring (bicyclic) bond motifs is 1. The number of aliphatic hydroxyl groups excluding tert-OH is 2. The van der Waals surface area contributed by atoms with Crippen molar-refractivity contribution in [3.05, 3.63) is 40.8 Å². The third-order valence-corrected chi connectivity index (χ3v) is 3.56. The minimum absolute atomic E-state index is 0.0284. The third kappa shape index (κ3) is 2.84. The highest BCUT2D eigenvalue weighted by Crippen LogP contribution is 2.24. The first-order chi connectivity index (χ1) is 10.6. The van der Waals surface area contributed by atoms with Gasteiger partial charge in [0.2, 0.25) is 0 Å². The number of aliphatic hydroxyl groups is 2.